The molecule has 6 rings (SSSR count). The van der Waals surface area contributed by atoms with Crippen LogP contribution >= 0.6 is 0 Å². The van der Waals surface area contributed by atoms with E-state index in [2.05, 4.69) is 110 Å². The van der Waals surface area contributed by atoms with Gasteiger partial charge in [-0.15, -0.1) is 0 Å². The summed E-state index contributed by atoms with van der Waals surface area (Å²) < 4.78 is 68.1. The van der Waals surface area contributed by atoms with Gasteiger partial charge in [0.15, 0.2) is 5.71 Å². The Morgan fingerprint density at radius 2 is 1.30 bits per heavy atom. The molecule has 4 aromatic rings. The molecule has 1 N–H and O–H groups in total. The molecule has 2 aliphatic rings. The smallest absolute Gasteiger partial charge is 0.748 e. The molecule has 0 saturated heterocycles. The van der Waals surface area contributed by atoms with Gasteiger partial charge in [0, 0.05) is 53.2 Å². The van der Waals surface area contributed by atoms with E-state index >= 15 is 0 Å². The maximum Gasteiger partial charge on any atom is 1.00 e. The van der Waals surface area contributed by atoms with Gasteiger partial charge in [0.25, 0.3) is 10.1 Å². The van der Waals surface area contributed by atoms with E-state index in [1.165, 1.54) is 32.7 Å². The van der Waals surface area contributed by atoms with Crippen LogP contribution in [0.25, 0.3) is 21.5 Å². The second-order valence-electron chi connectivity index (χ2n) is 14.9. The van der Waals surface area contributed by atoms with E-state index in [9.17, 15) is 25.9 Å². The third-order valence-electron chi connectivity index (χ3n) is 10.5. The molecular formula is C43H48N2NaO6S2+. The summed E-state index contributed by atoms with van der Waals surface area (Å²) in [5.74, 6) is -0.620. The molecule has 0 fully saturated rings. The fraction of sp³-hybridized carbons (Fsp3) is 0.326. The third kappa shape index (κ3) is 9.02. The normalized spacial score (nSPS) is 17.4. The van der Waals surface area contributed by atoms with Crippen LogP contribution in [-0.2, 0) is 31.1 Å². The first-order valence-corrected chi connectivity index (χ1v) is 21.4. The van der Waals surface area contributed by atoms with Crippen molar-refractivity contribution in [2.45, 2.75) is 64.2 Å². The van der Waals surface area contributed by atoms with Gasteiger partial charge in [-0.05, 0) is 78.4 Å². The van der Waals surface area contributed by atoms with E-state index in [0.29, 0.717) is 38.8 Å². The third-order valence-corrected chi connectivity index (χ3v) is 12.1. The predicted octanol–water partition coefficient (Wildman–Crippen LogP) is 5.72. The predicted molar refractivity (Wildman–Crippen MR) is 216 cm³/mol. The SMILES string of the molecule is CC1(C)C(=CC=CC=CC=CC2=[N+](CCCCS(=O)(=O)O)c3ccc4ccccc4c3C2(C)C)N(CCCCS(=O)(=O)[O-])c2ccc3ccccc3c21.[Na+]. The number of unbranched alkanes of at least 4 members (excludes halogenated alkanes) is 2. The fourth-order valence-electron chi connectivity index (χ4n) is 8.14. The molecule has 0 saturated carbocycles. The van der Waals surface area contributed by atoms with Crippen molar-refractivity contribution >= 4 is 58.9 Å². The van der Waals surface area contributed by atoms with Crippen LogP contribution in [0.3, 0.4) is 0 Å². The van der Waals surface area contributed by atoms with Crippen LogP contribution in [0, 0.1) is 0 Å². The van der Waals surface area contributed by atoms with Crippen LogP contribution in [0.2, 0.25) is 0 Å². The summed E-state index contributed by atoms with van der Waals surface area (Å²) in [6.07, 6.45) is 16.2. The van der Waals surface area contributed by atoms with E-state index in [1.54, 1.807) is 0 Å². The van der Waals surface area contributed by atoms with Crippen LogP contribution in [0.15, 0.2) is 121 Å². The summed E-state index contributed by atoms with van der Waals surface area (Å²) in [6, 6.07) is 25.3. The van der Waals surface area contributed by atoms with Crippen molar-refractivity contribution in [3.8, 4) is 0 Å². The van der Waals surface area contributed by atoms with Crippen molar-refractivity contribution < 1.29 is 60.1 Å². The Hall–Kier alpha value is -3.35. The number of nitrogens with zero attached hydrogens (tertiary/aromatic N) is 2. The Labute approximate surface area is 342 Å². The molecule has 0 atom stereocenters. The molecule has 2 heterocycles. The largest absolute Gasteiger partial charge is 1.00 e. The van der Waals surface area contributed by atoms with Gasteiger partial charge in [0.05, 0.1) is 21.3 Å². The minimum atomic E-state index is -4.26. The molecule has 0 radical (unpaired) electrons. The molecule has 11 heteroatoms. The number of hydrogen-bond donors (Lipinski definition) is 1. The van der Waals surface area contributed by atoms with Gasteiger partial charge in [-0.1, -0.05) is 98.8 Å². The molecule has 0 unspecified atom stereocenters. The standard InChI is InChI=1S/C43H48N2O6S2.Na/c1-42(2)38(44(28-14-16-30-52(46,47)48)36-26-24-32-18-10-12-20-34(32)40(36)42)22-8-6-5-7-9-23-39-43(3,4)41-35-21-13-11-19-33(35)25-27-37(41)45(39)29-15-17-31-53(49,50)51;/h5-13,18-27H,14-17,28-31H2,1-4H3,(H-,46,47,48,49,50,51);/q;+1. The number of rotatable bonds is 14. The summed E-state index contributed by atoms with van der Waals surface area (Å²) in [6.45, 7) is 10.1. The Kier molecular flexibility index (Phi) is 13.0. The van der Waals surface area contributed by atoms with Gasteiger partial charge in [-0.25, -0.2) is 8.42 Å². The van der Waals surface area contributed by atoms with Crippen LogP contribution in [-0.4, -0.2) is 60.8 Å². The molecule has 4 aromatic carbocycles. The summed E-state index contributed by atoms with van der Waals surface area (Å²) >= 11 is 0. The Balaban J connectivity index is 0.00000561. The van der Waals surface area contributed by atoms with Crippen molar-refractivity contribution in [3.05, 3.63) is 132 Å². The zero-order chi connectivity index (χ0) is 38.0. The van der Waals surface area contributed by atoms with Gasteiger partial charge < -0.3 is 9.45 Å². The zero-order valence-electron chi connectivity index (χ0n) is 31.8. The first-order valence-electron chi connectivity index (χ1n) is 18.2. The molecule has 0 aliphatic carbocycles. The monoisotopic (exact) mass is 775 g/mol. The second kappa shape index (κ2) is 16.8. The molecule has 54 heavy (non-hydrogen) atoms. The van der Waals surface area contributed by atoms with Gasteiger partial charge in [0.1, 0.15) is 6.54 Å². The molecular weight excluding hydrogens is 728 g/mol. The average molecular weight is 776 g/mol. The Morgan fingerprint density at radius 1 is 0.704 bits per heavy atom. The van der Waals surface area contributed by atoms with Crippen molar-refractivity contribution in [2.24, 2.45) is 0 Å². The second-order valence-corrected chi connectivity index (χ2v) is 18.0. The Morgan fingerprint density at radius 3 is 1.96 bits per heavy atom. The summed E-state index contributed by atoms with van der Waals surface area (Å²) in [5.41, 5.74) is 6.29. The zero-order valence-corrected chi connectivity index (χ0v) is 35.5. The van der Waals surface area contributed by atoms with E-state index in [-0.39, 0.29) is 51.9 Å². The first kappa shape index (κ1) is 41.8. The van der Waals surface area contributed by atoms with Crippen LogP contribution in [0.5, 0.6) is 0 Å². The van der Waals surface area contributed by atoms with Crippen molar-refractivity contribution in [1.82, 2.24) is 0 Å². The van der Waals surface area contributed by atoms with Crippen molar-refractivity contribution in [2.75, 3.05) is 29.5 Å². The molecule has 0 spiro atoms. The van der Waals surface area contributed by atoms with Crippen LogP contribution in [0.4, 0.5) is 11.4 Å². The fourth-order valence-corrected chi connectivity index (χ4v) is 9.27. The van der Waals surface area contributed by atoms with Gasteiger partial charge in [-0.2, -0.15) is 13.0 Å². The minimum absolute atomic E-state index is 0. The summed E-state index contributed by atoms with van der Waals surface area (Å²) in [5, 5.41) is 4.72. The number of anilines is 1. The maximum atomic E-state index is 11.4. The van der Waals surface area contributed by atoms with Crippen molar-refractivity contribution in [1.29, 1.82) is 0 Å². The summed E-state index contributed by atoms with van der Waals surface area (Å²) in [4.78, 5) is 2.26. The number of hydrogen-bond acceptors (Lipinski definition) is 6. The average Bonchev–Trinajstić information content (AvgIpc) is 3.45. The molecule has 2 aliphatic heterocycles. The maximum absolute atomic E-state index is 11.4. The minimum Gasteiger partial charge on any atom is -0.748 e. The van der Waals surface area contributed by atoms with E-state index in [0.717, 1.165) is 22.8 Å². The molecule has 0 aromatic heterocycles. The van der Waals surface area contributed by atoms with Gasteiger partial charge in [0.2, 0.25) is 5.69 Å². The quantitative estimate of drug-likeness (QED) is 0.0573. The molecule has 278 valence electrons. The van der Waals surface area contributed by atoms with Gasteiger partial charge in [-0.3, -0.25) is 4.55 Å². The summed E-state index contributed by atoms with van der Waals surface area (Å²) in [7, 11) is -8.27. The topological polar surface area (TPSA) is 118 Å². The van der Waals surface area contributed by atoms with E-state index in [1.807, 2.05) is 42.5 Å². The molecule has 0 bridgehead atoms. The Bertz CT molecular complexity index is 2430. The number of fused-ring (bicyclic) bond motifs is 6. The first-order chi connectivity index (χ1) is 25.1. The van der Waals surface area contributed by atoms with E-state index in [4.69, 9.17) is 0 Å². The number of benzene rings is 4. The van der Waals surface area contributed by atoms with Crippen molar-refractivity contribution in [3.63, 3.8) is 0 Å². The molecule has 0 amide bonds. The van der Waals surface area contributed by atoms with Gasteiger partial charge >= 0.3 is 29.6 Å². The molecule has 8 nitrogen and oxygen atoms in total. The van der Waals surface area contributed by atoms with Crippen LogP contribution in [0.1, 0.15) is 64.5 Å². The van der Waals surface area contributed by atoms with Crippen LogP contribution < -0.4 is 34.5 Å². The number of allylic oxidation sites excluding steroid dienone is 8. The van der Waals surface area contributed by atoms with E-state index < -0.39 is 20.2 Å².